The zero-order valence-electron chi connectivity index (χ0n) is 11.8. The third-order valence-electron chi connectivity index (χ3n) is 3.18. The maximum atomic E-state index is 11.8. The minimum Gasteiger partial charge on any atom is -0.370 e. The van der Waals surface area contributed by atoms with Gasteiger partial charge in [-0.2, -0.15) is 0 Å². The number of urea groups is 1. The molecule has 0 unspecified atom stereocenters. The number of aryl methyl sites for hydroxylation is 2. The lowest BCUT2D eigenvalue weighted by molar-refractivity contribution is 0.256. The van der Waals surface area contributed by atoms with E-state index in [1.807, 2.05) is 32.0 Å². The van der Waals surface area contributed by atoms with Crippen LogP contribution in [0.3, 0.4) is 0 Å². The van der Waals surface area contributed by atoms with E-state index in [9.17, 15) is 4.79 Å². The number of nitrogens with two attached hydrogens (primary N) is 1. The maximum Gasteiger partial charge on any atom is 0.326 e. The first-order valence-corrected chi connectivity index (χ1v) is 6.50. The molecule has 2 rings (SSSR count). The van der Waals surface area contributed by atoms with Gasteiger partial charge < -0.3 is 11.1 Å². The Hall–Kier alpha value is -1.75. The number of benzene rings is 1. The number of aliphatic imine (C=N–C) groups is 1. The Morgan fingerprint density at radius 3 is 2.50 bits per heavy atom. The number of amides is 2. The second-order valence-electron chi connectivity index (χ2n) is 5.02. The van der Waals surface area contributed by atoms with Crippen molar-refractivity contribution >= 4 is 30.1 Å². The van der Waals surface area contributed by atoms with Gasteiger partial charge in [-0.25, -0.2) is 4.79 Å². The topological polar surface area (TPSA) is 79.5 Å². The first-order chi connectivity index (χ1) is 9.06. The summed E-state index contributed by atoms with van der Waals surface area (Å²) >= 11 is 0. The van der Waals surface area contributed by atoms with Crippen LogP contribution in [-0.4, -0.2) is 18.5 Å². The number of hydrogen-bond acceptors (Lipinski definition) is 2. The summed E-state index contributed by atoms with van der Waals surface area (Å²) in [5.41, 5.74) is 8.51. The molecular formula is C14H21ClN4O. The molecule has 0 saturated heterocycles. The molecule has 0 bridgehead atoms. The monoisotopic (exact) mass is 296 g/mol. The van der Waals surface area contributed by atoms with Crippen LogP contribution in [0.4, 0.5) is 10.5 Å². The highest BCUT2D eigenvalue weighted by molar-refractivity contribution is 6.02. The third kappa shape index (κ3) is 4.74. The number of nitrogens with zero attached hydrogens (tertiary/aromatic N) is 1. The van der Waals surface area contributed by atoms with Crippen molar-refractivity contribution in [2.24, 2.45) is 16.6 Å². The van der Waals surface area contributed by atoms with Crippen molar-refractivity contribution in [3.8, 4) is 0 Å². The van der Waals surface area contributed by atoms with E-state index in [0.717, 1.165) is 16.8 Å². The quantitative estimate of drug-likeness (QED) is 0.592. The van der Waals surface area contributed by atoms with E-state index in [1.54, 1.807) is 0 Å². The number of para-hydroxylation sites is 1. The Labute approximate surface area is 125 Å². The third-order valence-corrected chi connectivity index (χ3v) is 3.18. The van der Waals surface area contributed by atoms with E-state index >= 15 is 0 Å². The molecule has 0 spiro atoms. The lowest BCUT2D eigenvalue weighted by Crippen LogP contribution is -2.40. The van der Waals surface area contributed by atoms with Crippen LogP contribution in [0.1, 0.15) is 24.0 Å². The summed E-state index contributed by atoms with van der Waals surface area (Å²) in [4.78, 5) is 15.9. The summed E-state index contributed by atoms with van der Waals surface area (Å²) in [6, 6.07) is 5.51. The Morgan fingerprint density at radius 2 is 1.95 bits per heavy atom. The predicted octanol–water partition coefficient (Wildman–Crippen LogP) is 2.57. The number of halogens is 1. The van der Waals surface area contributed by atoms with Crippen LogP contribution in [0.2, 0.25) is 0 Å². The highest BCUT2D eigenvalue weighted by atomic mass is 35.5. The molecule has 0 aromatic heterocycles. The molecule has 0 radical (unpaired) electrons. The second-order valence-corrected chi connectivity index (χ2v) is 5.02. The van der Waals surface area contributed by atoms with Crippen LogP contribution in [0.15, 0.2) is 23.2 Å². The minimum atomic E-state index is -0.352. The van der Waals surface area contributed by atoms with Crippen molar-refractivity contribution in [2.75, 3.05) is 11.9 Å². The van der Waals surface area contributed by atoms with Gasteiger partial charge in [-0.15, -0.1) is 12.4 Å². The molecule has 4 N–H and O–H groups in total. The smallest absolute Gasteiger partial charge is 0.326 e. The highest BCUT2D eigenvalue weighted by Gasteiger charge is 2.20. The first-order valence-electron chi connectivity index (χ1n) is 6.50. The van der Waals surface area contributed by atoms with Gasteiger partial charge in [0, 0.05) is 12.2 Å². The summed E-state index contributed by atoms with van der Waals surface area (Å²) in [5, 5.41) is 5.35. The zero-order valence-corrected chi connectivity index (χ0v) is 12.6. The molecule has 0 aliphatic heterocycles. The fourth-order valence-electron chi connectivity index (χ4n) is 1.84. The van der Waals surface area contributed by atoms with Crippen molar-refractivity contribution in [1.29, 1.82) is 0 Å². The average molecular weight is 297 g/mol. The van der Waals surface area contributed by atoms with Crippen molar-refractivity contribution in [1.82, 2.24) is 5.32 Å². The van der Waals surface area contributed by atoms with Gasteiger partial charge >= 0.3 is 6.03 Å². The van der Waals surface area contributed by atoms with Crippen molar-refractivity contribution in [2.45, 2.75) is 26.7 Å². The SMILES string of the molecule is Cc1cccc(C)c1NC(=O)NC(N)=NCC1CC1.Cl. The normalized spacial score (nSPS) is 14.4. The Morgan fingerprint density at radius 1 is 1.35 bits per heavy atom. The molecule has 1 aliphatic rings. The highest BCUT2D eigenvalue weighted by Crippen LogP contribution is 2.28. The van der Waals surface area contributed by atoms with E-state index in [4.69, 9.17) is 5.73 Å². The number of nitrogens with one attached hydrogen (secondary N) is 2. The van der Waals surface area contributed by atoms with E-state index in [-0.39, 0.29) is 24.4 Å². The van der Waals surface area contributed by atoms with Gasteiger partial charge in [-0.1, -0.05) is 18.2 Å². The summed E-state index contributed by atoms with van der Waals surface area (Å²) < 4.78 is 0. The molecule has 2 amide bonds. The molecule has 20 heavy (non-hydrogen) atoms. The molecule has 1 saturated carbocycles. The van der Waals surface area contributed by atoms with Crippen LogP contribution in [-0.2, 0) is 0 Å². The van der Waals surface area contributed by atoms with E-state index < -0.39 is 0 Å². The van der Waals surface area contributed by atoms with E-state index in [0.29, 0.717) is 12.5 Å². The lowest BCUT2D eigenvalue weighted by Gasteiger charge is -2.12. The number of carbonyl (C=O) groups is 1. The molecule has 5 nitrogen and oxygen atoms in total. The largest absolute Gasteiger partial charge is 0.370 e. The van der Waals surface area contributed by atoms with Gasteiger partial charge in [0.05, 0.1) is 0 Å². The molecule has 1 aromatic rings. The van der Waals surface area contributed by atoms with Crippen molar-refractivity contribution in [3.05, 3.63) is 29.3 Å². The number of carbonyl (C=O) groups excluding carboxylic acids is 1. The Kier molecular flexibility index (Phi) is 5.82. The summed E-state index contributed by atoms with van der Waals surface area (Å²) in [5.74, 6) is 0.831. The molecule has 0 atom stereocenters. The van der Waals surface area contributed by atoms with Crippen molar-refractivity contribution < 1.29 is 4.79 Å². The van der Waals surface area contributed by atoms with Gasteiger partial charge in [0.2, 0.25) is 0 Å². The summed E-state index contributed by atoms with van der Waals surface area (Å²) in [6.07, 6.45) is 2.43. The molecular weight excluding hydrogens is 276 g/mol. The Balaban J connectivity index is 0.00000200. The fraction of sp³-hybridized carbons (Fsp3) is 0.429. The molecule has 1 fully saturated rings. The molecule has 6 heteroatoms. The van der Waals surface area contributed by atoms with Crippen LogP contribution in [0.25, 0.3) is 0 Å². The molecule has 110 valence electrons. The number of anilines is 1. The lowest BCUT2D eigenvalue weighted by atomic mass is 10.1. The minimum absolute atomic E-state index is 0. The first kappa shape index (κ1) is 16.3. The fourth-order valence-corrected chi connectivity index (χ4v) is 1.84. The second kappa shape index (κ2) is 7.14. The maximum absolute atomic E-state index is 11.8. The molecule has 0 heterocycles. The van der Waals surface area contributed by atoms with E-state index in [2.05, 4.69) is 15.6 Å². The Bertz CT molecular complexity index is 492. The van der Waals surface area contributed by atoms with Crippen LogP contribution in [0, 0.1) is 19.8 Å². The van der Waals surface area contributed by atoms with Gasteiger partial charge in [-0.3, -0.25) is 10.3 Å². The standard InChI is InChI=1S/C14H20N4O.ClH/c1-9-4-3-5-10(2)12(9)17-14(19)18-13(15)16-8-11-6-7-11;/h3-5,11H,6-8H2,1-2H3,(H4,15,16,17,18,19);1H. The van der Waals surface area contributed by atoms with Crippen molar-refractivity contribution in [3.63, 3.8) is 0 Å². The number of hydrogen-bond donors (Lipinski definition) is 3. The average Bonchev–Trinajstić information content (AvgIpc) is 3.15. The van der Waals surface area contributed by atoms with Crippen LogP contribution < -0.4 is 16.4 Å². The van der Waals surface area contributed by atoms with Crippen LogP contribution >= 0.6 is 12.4 Å². The summed E-state index contributed by atoms with van der Waals surface area (Å²) in [7, 11) is 0. The summed E-state index contributed by atoms with van der Waals surface area (Å²) in [6.45, 7) is 4.61. The molecule has 1 aliphatic carbocycles. The van der Waals surface area contributed by atoms with E-state index in [1.165, 1.54) is 12.8 Å². The van der Waals surface area contributed by atoms with Gasteiger partial charge in [-0.05, 0) is 43.7 Å². The van der Waals surface area contributed by atoms with Gasteiger partial charge in [0.1, 0.15) is 0 Å². The van der Waals surface area contributed by atoms with Gasteiger partial charge in [0.25, 0.3) is 0 Å². The molecule has 1 aromatic carbocycles. The number of rotatable bonds is 3. The van der Waals surface area contributed by atoms with Gasteiger partial charge in [0.15, 0.2) is 5.96 Å². The van der Waals surface area contributed by atoms with Crippen LogP contribution in [0.5, 0.6) is 0 Å². The predicted molar refractivity (Wildman–Crippen MR) is 84.5 cm³/mol. The number of guanidine groups is 1. The zero-order chi connectivity index (χ0) is 13.8.